The van der Waals surface area contributed by atoms with Gasteiger partial charge in [-0.15, -0.1) is 0 Å². The van der Waals surface area contributed by atoms with E-state index in [2.05, 4.69) is 16.9 Å². The Balaban J connectivity index is 2.03. The summed E-state index contributed by atoms with van der Waals surface area (Å²) in [7, 11) is 0. The summed E-state index contributed by atoms with van der Waals surface area (Å²) in [5.74, 6) is -1.02. The zero-order chi connectivity index (χ0) is 28.3. The van der Waals surface area contributed by atoms with Gasteiger partial charge in [0.05, 0.1) is 0 Å². The molecule has 0 aliphatic rings. The lowest BCUT2D eigenvalue weighted by molar-refractivity contribution is -0.138. The second-order valence-corrected chi connectivity index (χ2v) is 10.7. The molecule has 3 rings (SSSR count). The Morgan fingerprint density at radius 2 is 1.61 bits per heavy atom. The van der Waals surface area contributed by atoms with E-state index in [4.69, 9.17) is 9.47 Å². The molecule has 9 nitrogen and oxygen atoms in total. The first kappa shape index (κ1) is 28.2. The highest BCUT2D eigenvalue weighted by Crippen LogP contribution is 2.31. The van der Waals surface area contributed by atoms with Gasteiger partial charge in [-0.3, -0.25) is 0 Å². The third-order valence-corrected chi connectivity index (χ3v) is 5.15. The van der Waals surface area contributed by atoms with Crippen LogP contribution in [0.4, 0.5) is 21.1 Å². The molecule has 2 aromatic carbocycles. The topological polar surface area (TPSA) is 118 Å². The SMILES string of the molecule is C=Cc1cccc(C(Nc2ccc3c(N(C(=O)OC(C)(C)C)C(=O)OC(C)(C)C)nccc3c2)C(=O)O)c1. The fourth-order valence-corrected chi connectivity index (χ4v) is 3.61. The molecule has 0 saturated carbocycles. The van der Waals surface area contributed by atoms with E-state index in [1.54, 1.807) is 90.1 Å². The van der Waals surface area contributed by atoms with Crippen LogP contribution in [0.15, 0.2) is 61.3 Å². The van der Waals surface area contributed by atoms with Crippen molar-refractivity contribution in [1.82, 2.24) is 4.98 Å². The maximum absolute atomic E-state index is 13.1. The summed E-state index contributed by atoms with van der Waals surface area (Å²) in [5, 5.41) is 14.0. The summed E-state index contributed by atoms with van der Waals surface area (Å²) in [5.41, 5.74) is 0.148. The number of fused-ring (bicyclic) bond motifs is 1. The second-order valence-electron chi connectivity index (χ2n) is 10.7. The van der Waals surface area contributed by atoms with E-state index in [0.717, 1.165) is 10.5 Å². The average molecular weight is 520 g/mol. The van der Waals surface area contributed by atoms with Gasteiger partial charge in [0.1, 0.15) is 11.2 Å². The number of benzene rings is 2. The molecule has 0 saturated heterocycles. The number of carbonyl (C=O) groups excluding carboxylic acids is 2. The maximum atomic E-state index is 13.1. The highest BCUT2D eigenvalue weighted by Gasteiger charge is 2.34. The van der Waals surface area contributed by atoms with E-state index in [0.29, 0.717) is 22.0 Å². The summed E-state index contributed by atoms with van der Waals surface area (Å²) in [6.07, 6.45) is 1.24. The van der Waals surface area contributed by atoms with Crippen LogP contribution in [0, 0.1) is 0 Å². The largest absolute Gasteiger partial charge is 0.479 e. The molecule has 1 atom stereocenters. The van der Waals surface area contributed by atoms with Crippen LogP contribution in [0.1, 0.15) is 58.7 Å². The molecule has 38 heavy (non-hydrogen) atoms. The van der Waals surface area contributed by atoms with Crippen molar-refractivity contribution in [3.05, 3.63) is 72.4 Å². The summed E-state index contributed by atoms with van der Waals surface area (Å²) >= 11 is 0. The number of hydrogen-bond donors (Lipinski definition) is 2. The number of carbonyl (C=O) groups is 3. The van der Waals surface area contributed by atoms with Crippen molar-refractivity contribution in [3.63, 3.8) is 0 Å². The third kappa shape index (κ3) is 7.09. The van der Waals surface area contributed by atoms with Crippen molar-refractivity contribution in [2.75, 3.05) is 10.2 Å². The van der Waals surface area contributed by atoms with Gasteiger partial charge in [0, 0.05) is 17.3 Å². The number of aliphatic carboxylic acids is 1. The Labute approximate surface area is 222 Å². The van der Waals surface area contributed by atoms with Gasteiger partial charge in [0.15, 0.2) is 11.9 Å². The van der Waals surface area contributed by atoms with E-state index in [9.17, 15) is 19.5 Å². The van der Waals surface area contributed by atoms with Crippen LogP contribution in [-0.2, 0) is 14.3 Å². The molecular formula is C29H33N3O6. The lowest BCUT2D eigenvalue weighted by atomic mass is 10.0. The molecule has 0 bridgehead atoms. The first-order valence-electron chi connectivity index (χ1n) is 12.0. The van der Waals surface area contributed by atoms with Gasteiger partial charge >= 0.3 is 18.2 Å². The highest BCUT2D eigenvalue weighted by molar-refractivity contribution is 6.14. The van der Waals surface area contributed by atoms with Gasteiger partial charge in [0.2, 0.25) is 0 Å². The van der Waals surface area contributed by atoms with Gasteiger partial charge < -0.3 is 19.9 Å². The second kappa shape index (κ2) is 10.9. The van der Waals surface area contributed by atoms with Crippen LogP contribution in [-0.4, -0.2) is 39.4 Å². The molecule has 2 amide bonds. The number of rotatable bonds is 6. The molecule has 3 aromatic rings. The number of carboxylic acid groups (broad SMARTS) is 1. The summed E-state index contributed by atoms with van der Waals surface area (Å²) in [4.78, 5) is 43.4. The van der Waals surface area contributed by atoms with Crippen molar-refractivity contribution >= 4 is 46.5 Å². The number of pyridine rings is 1. The van der Waals surface area contributed by atoms with Crippen molar-refractivity contribution in [2.45, 2.75) is 58.8 Å². The normalized spacial score (nSPS) is 12.4. The number of anilines is 2. The van der Waals surface area contributed by atoms with E-state index in [-0.39, 0.29) is 5.82 Å². The van der Waals surface area contributed by atoms with Gasteiger partial charge in [-0.1, -0.05) is 30.9 Å². The molecule has 1 aromatic heterocycles. The van der Waals surface area contributed by atoms with Crippen LogP contribution >= 0.6 is 0 Å². The molecule has 1 heterocycles. The fourth-order valence-electron chi connectivity index (χ4n) is 3.61. The molecule has 0 aliphatic carbocycles. The van der Waals surface area contributed by atoms with E-state index >= 15 is 0 Å². The monoisotopic (exact) mass is 519 g/mol. The highest BCUT2D eigenvalue weighted by atomic mass is 16.6. The molecular weight excluding hydrogens is 486 g/mol. The standard InChI is InChI=1S/C29H33N3O6/c1-8-18-10-9-11-20(16-18)23(25(33)34)31-21-12-13-22-19(17-21)14-15-30-24(22)32(26(35)37-28(2,3)4)27(36)38-29(5,6)7/h8-17,23,31H,1H2,2-7H3,(H,33,34). The fraction of sp³-hybridized carbons (Fsp3) is 0.310. The maximum Gasteiger partial charge on any atom is 0.425 e. The van der Waals surface area contributed by atoms with Crippen LogP contribution in [0.2, 0.25) is 0 Å². The van der Waals surface area contributed by atoms with E-state index < -0.39 is 35.4 Å². The Morgan fingerprint density at radius 3 is 2.16 bits per heavy atom. The number of nitrogens with one attached hydrogen (secondary N) is 1. The smallest absolute Gasteiger partial charge is 0.425 e. The predicted octanol–water partition coefficient (Wildman–Crippen LogP) is 6.79. The molecule has 0 aliphatic heterocycles. The first-order chi connectivity index (χ1) is 17.7. The summed E-state index contributed by atoms with van der Waals surface area (Å²) in [6.45, 7) is 13.9. The van der Waals surface area contributed by atoms with Crippen LogP contribution < -0.4 is 10.2 Å². The molecule has 9 heteroatoms. The average Bonchev–Trinajstić information content (AvgIpc) is 2.80. The molecule has 0 fully saturated rings. The quantitative estimate of drug-likeness (QED) is 0.365. The number of imide groups is 1. The Morgan fingerprint density at radius 1 is 0.974 bits per heavy atom. The molecule has 200 valence electrons. The van der Waals surface area contributed by atoms with Gasteiger partial charge in [-0.05, 0) is 88.4 Å². The number of nitrogens with zero attached hydrogens (tertiary/aromatic N) is 2. The van der Waals surface area contributed by atoms with Gasteiger partial charge in [0.25, 0.3) is 0 Å². The summed E-state index contributed by atoms with van der Waals surface area (Å²) < 4.78 is 10.9. The van der Waals surface area contributed by atoms with Gasteiger partial charge in [-0.2, -0.15) is 4.90 Å². The number of aromatic nitrogens is 1. The Bertz CT molecular complexity index is 1340. The molecule has 2 N–H and O–H groups in total. The Kier molecular flexibility index (Phi) is 8.10. The van der Waals surface area contributed by atoms with Crippen LogP contribution in [0.3, 0.4) is 0 Å². The minimum atomic E-state index is -1.05. The number of ether oxygens (including phenoxy) is 2. The zero-order valence-electron chi connectivity index (χ0n) is 22.4. The summed E-state index contributed by atoms with van der Waals surface area (Å²) in [6, 6.07) is 12.8. The van der Waals surface area contributed by atoms with Crippen LogP contribution in [0.25, 0.3) is 16.8 Å². The lowest BCUT2D eigenvalue weighted by Gasteiger charge is -2.28. The zero-order valence-corrected chi connectivity index (χ0v) is 22.4. The minimum absolute atomic E-state index is 0.0334. The number of hydrogen-bond acceptors (Lipinski definition) is 7. The van der Waals surface area contributed by atoms with Crippen molar-refractivity contribution < 1.29 is 29.0 Å². The molecule has 1 unspecified atom stereocenters. The van der Waals surface area contributed by atoms with Gasteiger partial charge in [-0.25, -0.2) is 19.4 Å². The third-order valence-electron chi connectivity index (χ3n) is 5.15. The number of carboxylic acids is 1. The predicted molar refractivity (Wildman–Crippen MR) is 147 cm³/mol. The van der Waals surface area contributed by atoms with Crippen molar-refractivity contribution in [3.8, 4) is 0 Å². The first-order valence-corrected chi connectivity index (χ1v) is 12.0. The number of amides is 2. The molecule has 0 spiro atoms. The molecule has 0 radical (unpaired) electrons. The minimum Gasteiger partial charge on any atom is -0.479 e. The Hall–Kier alpha value is -4.40. The van der Waals surface area contributed by atoms with Crippen molar-refractivity contribution in [2.24, 2.45) is 0 Å². The van der Waals surface area contributed by atoms with E-state index in [1.165, 1.54) is 6.20 Å². The lowest BCUT2D eigenvalue weighted by Crippen LogP contribution is -2.44. The van der Waals surface area contributed by atoms with Crippen LogP contribution in [0.5, 0.6) is 0 Å². The van der Waals surface area contributed by atoms with Crippen molar-refractivity contribution in [1.29, 1.82) is 0 Å². The van der Waals surface area contributed by atoms with E-state index in [1.807, 2.05) is 6.07 Å².